The fourth-order valence-corrected chi connectivity index (χ4v) is 13.8. The van der Waals surface area contributed by atoms with Crippen LogP contribution in [0, 0.1) is 17.8 Å². The Bertz CT molecular complexity index is 3380. The highest BCUT2D eigenvalue weighted by Gasteiger charge is 2.47. The molecule has 3 nitrogen and oxygen atoms in total. The van der Waals surface area contributed by atoms with Crippen molar-refractivity contribution >= 4 is 74.3 Å². The average Bonchev–Trinajstić information content (AvgIpc) is 3.83. The second-order valence-corrected chi connectivity index (χ2v) is 27.7. The highest BCUT2D eigenvalue weighted by atomic mass is 15.2. The smallest absolute Gasteiger partial charge is 0.252 e. The number of aryl methyl sites for hydroxylation is 3. The summed E-state index contributed by atoms with van der Waals surface area (Å²) in [7, 11) is 0. The van der Waals surface area contributed by atoms with Crippen molar-refractivity contribution in [2.45, 2.75) is 165 Å². The molecular weight excluding hydrogens is 882 g/mol. The van der Waals surface area contributed by atoms with E-state index in [9.17, 15) is 0 Å². The highest BCUT2D eigenvalue weighted by Crippen LogP contribution is 2.53. The fourth-order valence-electron chi connectivity index (χ4n) is 13.8. The Morgan fingerprint density at radius 1 is 0.452 bits per heavy atom. The Balaban J connectivity index is 1.21. The monoisotopic (exact) mass is 960 g/mol. The second-order valence-electron chi connectivity index (χ2n) is 27.7. The molecule has 73 heavy (non-hydrogen) atoms. The molecule has 0 N–H and O–H groups in total. The first kappa shape index (κ1) is 48.0. The van der Waals surface area contributed by atoms with Gasteiger partial charge in [-0.1, -0.05) is 145 Å². The van der Waals surface area contributed by atoms with E-state index in [0.717, 1.165) is 38.5 Å². The molecule has 372 valence electrons. The van der Waals surface area contributed by atoms with Gasteiger partial charge in [-0.05, 0) is 224 Å². The van der Waals surface area contributed by atoms with Gasteiger partial charge in [0.25, 0.3) is 6.71 Å². The second kappa shape index (κ2) is 16.5. The van der Waals surface area contributed by atoms with E-state index in [2.05, 4.69) is 233 Å². The predicted octanol–water partition coefficient (Wildman–Crippen LogP) is 16.6. The van der Waals surface area contributed by atoms with E-state index in [4.69, 9.17) is 0 Å². The third kappa shape index (κ3) is 8.07. The number of nitrogens with zero attached hydrogens (tertiary/aromatic N) is 3. The average molecular weight is 960 g/mol. The number of hydrogen-bond acceptors (Lipinski definition) is 3. The van der Waals surface area contributed by atoms with E-state index in [0.29, 0.717) is 0 Å². The largest absolute Gasteiger partial charge is 0.311 e. The van der Waals surface area contributed by atoms with Gasteiger partial charge in [-0.3, -0.25) is 0 Å². The minimum absolute atomic E-state index is 0.0122. The molecule has 0 fully saturated rings. The standard InChI is InChI=1S/C69H78BN3/c1-43-32-62-64-63(33-43)73(58-27-18-23-47-40-69(13,14)42-53(47)58)61-37-54(67(8,9)10)59(71(50-25-19-24-48(35-50)65(2,3)4)51-30-28-44-20-15-16-21-45(44)34-51)38-56(61)70(64)55-31-29-49(66(5,6)7)36-60(55)72(62)57-26-17-22-46-39-68(11,12)41-52(46)57/h17-19,22-38H,15-16,20-21,39-42H2,1-14H3. The van der Waals surface area contributed by atoms with Crippen LogP contribution >= 0.6 is 0 Å². The topological polar surface area (TPSA) is 9.72 Å². The molecule has 0 atom stereocenters. The van der Waals surface area contributed by atoms with Crippen LogP contribution in [0.25, 0.3) is 0 Å². The summed E-state index contributed by atoms with van der Waals surface area (Å²) in [6.07, 6.45) is 9.13. The Morgan fingerprint density at radius 2 is 1.00 bits per heavy atom. The van der Waals surface area contributed by atoms with Crippen molar-refractivity contribution in [1.82, 2.24) is 0 Å². The van der Waals surface area contributed by atoms with Gasteiger partial charge < -0.3 is 14.7 Å². The lowest BCUT2D eigenvalue weighted by atomic mass is 9.33. The van der Waals surface area contributed by atoms with Gasteiger partial charge in [-0.2, -0.15) is 0 Å². The Kier molecular flexibility index (Phi) is 10.8. The van der Waals surface area contributed by atoms with Gasteiger partial charge in [0, 0.05) is 51.2 Å². The van der Waals surface area contributed by atoms with Gasteiger partial charge >= 0.3 is 0 Å². The zero-order valence-electron chi connectivity index (χ0n) is 46.6. The number of anilines is 9. The maximum atomic E-state index is 2.74. The summed E-state index contributed by atoms with van der Waals surface area (Å²) in [6, 6.07) is 49.2. The van der Waals surface area contributed by atoms with Crippen molar-refractivity contribution < 1.29 is 0 Å². The summed E-state index contributed by atoms with van der Waals surface area (Å²) >= 11 is 0. The zero-order valence-corrected chi connectivity index (χ0v) is 46.6. The maximum absolute atomic E-state index is 2.74. The van der Waals surface area contributed by atoms with Crippen molar-refractivity contribution in [3.63, 3.8) is 0 Å². The molecule has 0 radical (unpaired) electrons. The molecule has 4 heteroatoms. The molecular formula is C69H78BN3. The number of benzene rings is 7. The van der Waals surface area contributed by atoms with Crippen LogP contribution < -0.4 is 31.1 Å². The summed E-state index contributed by atoms with van der Waals surface area (Å²) in [4.78, 5) is 8.11. The molecule has 7 aromatic rings. The fraction of sp³-hybridized carbons (Fsp3) is 0.391. The van der Waals surface area contributed by atoms with E-state index >= 15 is 0 Å². The van der Waals surface area contributed by atoms with Gasteiger partial charge in [0.2, 0.25) is 0 Å². The lowest BCUT2D eigenvalue weighted by Crippen LogP contribution is -2.61. The molecule has 0 amide bonds. The normalized spacial score (nSPS) is 17.2. The molecule has 5 aliphatic rings. The van der Waals surface area contributed by atoms with Crippen molar-refractivity contribution in [1.29, 1.82) is 0 Å². The summed E-state index contributed by atoms with van der Waals surface area (Å²) < 4.78 is 0. The van der Waals surface area contributed by atoms with Gasteiger partial charge in [0.15, 0.2) is 0 Å². The van der Waals surface area contributed by atoms with E-state index in [1.165, 1.54) is 136 Å². The molecule has 0 bridgehead atoms. The van der Waals surface area contributed by atoms with Crippen molar-refractivity contribution in [2.24, 2.45) is 10.8 Å². The van der Waals surface area contributed by atoms with Crippen LogP contribution in [-0.2, 0) is 54.8 Å². The van der Waals surface area contributed by atoms with Crippen LogP contribution in [0.3, 0.4) is 0 Å². The van der Waals surface area contributed by atoms with Crippen LogP contribution in [-0.4, -0.2) is 6.71 Å². The third-order valence-electron chi connectivity index (χ3n) is 17.4. The molecule has 2 aliphatic heterocycles. The van der Waals surface area contributed by atoms with Crippen molar-refractivity contribution in [3.05, 3.63) is 177 Å². The minimum atomic E-state index is -0.201. The van der Waals surface area contributed by atoms with E-state index in [1.807, 2.05) is 0 Å². The first-order valence-electron chi connectivity index (χ1n) is 27.8. The Morgan fingerprint density at radius 3 is 1.59 bits per heavy atom. The molecule has 0 saturated heterocycles. The molecule has 0 saturated carbocycles. The van der Waals surface area contributed by atoms with E-state index < -0.39 is 0 Å². The zero-order chi connectivity index (χ0) is 51.3. The summed E-state index contributed by atoms with van der Waals surface area (Å²) in [6.45, 7) is 33.6. The molecule has 0 unspecified atom stereocenters. The van der Waals surface area contributed by atoms with Crippen molar-refractivity contribution in [3.8, 4) is 0 Å². The highest BCUT2D eigenvalue weighted by molar-refractivity contribution is 7.00. The van der Waals surface area contributed by atoms with Crippen LogP contribution in [0.15, 0.2) is 121 Å². The van der Waals surface area contributed by atoms with E-state index in [-0.39, 0.29) is 33.8 Å². The van der Waals surface area contributed by atoms with Crippen molar-refractivity contribution in [2.75, 3.05) is 14.7 Å². The minimum Gasteiger partial charge on any atom is -0.311 e. The Labute approximate surface area is 439 Å². The first-order valence-corrected chi connectivity index (χ1v) is 27.8. The molecule has 2 heterocycles. The molecule has 12 rings (SSSR count). The number of rotatable bonds is 5. The summed E-state index contributed by atoms with van der Waals surface area (Å²) in [5, 5.41) is 0. The predicted molar refractivity (Wildman–Crippen MR) is 315 cm³/mol. The SMILES string of the molecule is Cc1cc2c3c(c1)N(c1cccc4c1CC(C)(C)C4)c1cc(C(C)(C)C)c(N(c4cccc(C(C)(C)C)c4)c4ccc5c(c4)CCCC5)cc1B3c1ccc(C(C)(C)C)cc1N2c1cccc2c1CC(C)(C)C2. The van der Waals surface area contributed by atoms with Crippen LogP contribution in [0.2, 0.25) is 0 Å². The third-order valence-corrected chi connectivity index (χ3v) is 17.4. The lowest BCUT2D eigenvalue weighted by molar-refractivity contribution is 0.392. The molecule has 0 spiro atoms. The van der Waals surface area contributed by atoms with Gasteiger partial charge in [-0.15, -0.1) is 0 Å². The lowest BCUT2D eigenvalue weighted by Gasteiger charge is -2.46. The van der Waals surface area contributed by atoms with Gasteiger partial charge in [0.1, 0.15) is 0 Å². The Hall–Kier alpha value is -6.00. The maximum Gasteiger partial charge on any atom is 0.252 e. The first-order chi connectivity index (χ1) is 34.4. The van der Waals surface area contributed by atoms with Crippen LogP contribution in [0.5, 0.6) is 0 Å². The molecule has 3 aliphatic carbocycles. The van der Waals surface area contributed by atoms with Gasteiger partial charge in [-0.25, -0.2) is 0 Å². The summed E-state index contributed by atoms with van der Waals surface area (Å²) in [5.74, 6) is 0. The number of fused-ring (bicyclic) bond motifs is 7. The number of hydrogen-bond donors (Lipinski definition) is 0. The molecule has 7 aromatic carbocycles. The summed E-state index contributed by atoms with van der Waals surface area (Å²) in [5.41, 5.74) is 30.3. The van der Waals surface area contributed by atoms with Crippen LogP contribution in [0.4, 0.5) is 51.2 Å². The van der Waals surface area contributed by atoms with Gasteiger partial charge in [0.05, 0.1) is 0 Å². The quantitative estimate of drug-likeness (QED) is 0.159. The van der Waals surface area contributed by atoms with Crippen LogP contribution in [0.1, 0.15) is 158 Å². The molecule has 0 aromatic heterocycles. The van der Waals surface area contributed by atoms with E-state index in [1.54, 1.807) is 0 Å².